The number of nitrogens with zero attached hydrogens (tertiary/aromatic N) is 8. The molecule has 10 nitrogen and oxygen atoms in total. The number of hydrogen-bond acceptors (Lipinski definition) is 8. The first kappa shape index (κ1) is 28.5. The molecule has 3 unspecified atom stereocenters. The van der Waals surface area contributed by atoms with E-state index in [2.05, 4.69) is 36.9 Å². The summed E-state index contributed by atoms with van der Waals surface area (Å²) in [7, 11) is 3.43. The lowest BCUT2D eigenvalue weighted by Gasteiger charge is -2.41. The van der Waals surface area contributed by atoms with Crippen LogP contribution in [0.15, 0.2) is 42.9 Å². The Morgan fingerprint density at radius 1 is 1.17 bits per heavy atom. The minimum absolute atomic E-state index is 0.194. The summed E-state index contributed by atoms with van der Waals surface area (Å²) >= 11 is 7.29. The molecule has 6 rings (SSSR count). The maximum atomic E-state index is 12.7. The number of halogens is 1. The van der Waals surface area contributed by atoms with Crippen LogP contribution in [0.2, 0.25) is 5.02 Å². The molecule has 220 valence electrons. The van der Waals surface area contributed by atoms with Crippen molar-refractivity contribution in [2.24, 2.45) is 13.0 Å². The summed E-state index contributed by atoms with van der Waals surface area (Å²) in [6.45, 7) is 8.44. The highest BCUT2D eigenvalue weighted by atomic mass is 35.5. The molecule has 1 saturated heterocycles. The van der Waals surface area contributed by atoms with Crippen molar-refractivity contribution in [2.75, 3.05) is 20.2 Å². The number of hydrogen-bond donors (Lipinski definition) is 1. The second-order valence-electron chi connectivity index (χ2n) is 11.5. The van der Waals surface area contributed by atoms with Crippen LogP contribution in [0.3, 0.4) is 0 Å². The molecule has 5 heterocycles. The zero-order valence-corrected chi connectivity index (χ0v) is 25.5. The van der Waals surface area contributed by atoms with Gasteiger partial charge in [-0.1, -0.05) is 35.9 Å². The minimum Gasteiger partial charge on any atom is -0.481 e. The molecule has 0 spiro atoms. The summed E-state index contributed by atoms with van der Waals surface area (Å²) in [5.74, 6) is -0.0514. The molecule has 1 N–H and O–H groups in total. The highest BCUT2D eigenvalue weighted by Crippen LogP contribution is 2.50. The third kappa shape index (κ3) is 4.81. The van der Waals surface area contributed by atoms with Crippen LogP contribution in [0.25, 0.3) is 6.08 Å². The van der Waals surface area contributed by atoms with Crippen LogP contribution in [0, 0.1) is 19.8 Å². The fraction of sp³-hybridized carbons (Fsp3) is 0.452. The van der Waals surface area contributed by atoms with Crippen LogP contribution in [-0.2, 0) is 19.2 Å². The van der Waals surface area contributed by atoms with Crippen molar-refractivity contribution in [3.8, 4) is 5.88 Å². The highest BCUT2D eigenvalue weighted by molar-refractivity contribution is 6.32. The Morgan fingerprint density at radius 3 is 2.60 bits per heavy atom. The predicted octanol–water partition coefficient (Wildman–Crippen LogP) is 4.60. The van der Waals surface area contributed by atoms with E-state index in [4.69, 9.17) is 21.3 Å². The molecular formula is C31H37ClN8O2. The molecule has 0 saturated carbocycles. The van der Waals surface area contributed by atoms with Crippen LogP contribution >= 0.6 is 11.6 Å². The molecule has 4 aromatic rings. The maximum absolute atomic E-state index is 12.7. The SMILES string of the molecule is COc1nc2c(c(Cl)c1CN1CCC(n3cccn3)CC1)C(C)C(C(O)(c1ccc(C)nc1C)c1cnnn1C)C=C2. The van der Waals surface area contributed by atoms with Crippen molar-refractivity contribution >= 4 is 17.7 Å². The molecule has 0 bridgehead atoms. The Bertz CT molecular complexity index is 1610. The predicted molar refractivity (Wildman–Crippen MR) is 160 cm³/mol. The normalized spacial score (nSPS) is 20.8. The van der Waals surface area contributed by atoms with Crippen molar-refractivity contribution in [2.45, 2.75) is 57.7 Å². The van der Waals surface area contributed by atoms with Crippen LogP contribution in [0.4, 0.5) is 0 Å². The second-order valence-corrected chi connectivity index (χ2v) is 11.9. The quantitative estimate of drug-likeness (QED) is 0.334. The number of aromatic nitrogens is 7. The molecule has 2 aliphatic rings. The third-order valence-electron chi connectivity index (χ3n) is 8.97. The molecule has 11 heteroatoms. The number of pyridine rings is 2. The van der Waals surface area contributed by atoms with Crippen molar-refractivity contribution in [3.63, 3.8) is 0 Å². The molecule has 1 aliphatic carbocycles. The summed E-state index contributed by atoms with van der Waals surface area (Å²) in [6, 6.07) is 6.25. The fourth-order valence-electron chi connectivity index (χ4n) is 6.79. The summed E-state index contributed by atoms with van der Waals surface area (Å²) in [5.41, 5.74) is 3.99. The van der Waals surface area contributed by atoms with Gasteiger partial charge in [0.2, 0.25) is 5.88 Å². The van der Waals surface area contributed by atoms with E-state index in [0.29, 0.717) is 34.7 Å². The van der Waals surface area contributed by atoms with E-state index in [1.807, 2.05) is 56.6 Å². The van der Waals surface area contributed by atoms with Gasteiger partial charge in [-0.3, -0.25) is 14.6 Å². The van der Waals surface area contributed by atoms with Crippen molar-refractivity contribution in [1.82, 2.24) is 39.6 Å². The van der Waals surface area contributed by atoms with Crippen LogP contribution in [-0.4, -0.2) is 64.9 Å². The molecule has 0 amide bonds. The first-order chi connectivity index (χ1) is 20.2. The summed E-state index contributed by atoms with van der Waals surface area (Å²) in [6.07, 6.45) is 11.5. The number of likely N-dealkylation sites (tertiary alicyclic amines) is 1. The Labute approximate surface area is 251 Å². The number of methoxy groups -OCH3 is 1. The highest BCUT2D eigenvalue weighted by Gasteiger charge is 2.48. The van der Waals surface area contributed by atoms with E-state index in [-0.39, 0.29) is 5.92 Å². The Morgan fingerprint density at radius 2 is 1.95 bits per heavy atom. The molecule has 1 aliphatic heterocycles. The van der Waals surface area contributed by atoms with Crippen LogP contribution in [0.5, 0.6) is 5.88 Å². The van der Waals surface area contributed by atoms with E-state index >= 15 is 0 Å². The average Bonchev–Trinajstić information content (AvgIpc) is 3.67. The largest absolute Gasteiger partial charge is 0.481 e. The Hall–Kier alpha value is -3.60. The number of piperidine rings is 1. The van der Waals surface area contributed by atoms with E-state index in [9.17, 15) is 5.11 Å². The smallest absolute Gasteiger partial charge is 0.219 e. The van der Waals surface area contributed by atoms with Gasteiger partial charge in [-0.05, 0) is 50.8 Å². The zero-order valence-electron chi connectivity index (χ0n) is 24.7. The van der Waals surface area contributed by atoms with Gasteiger partial charge in [0.25, 0.3) is 0 Å². The van der Waals surface area contributed by atoms with Gasteiger partial charge >= 0.3 is 0 Å². The molecule has 3 atom stereocenters. The average molecular weight is 589 g/mol. The number of aryl methyl sites for hydroxylation is 3. The fourth-order valence-corrected chi connectivity index (χ4v) is 7.20. The summed E-state index contributed by atoms with van der Waals surface area (Å²) in [5, 5.41) is 26.1. The zero-order chi connectivity index (χ0) is 29.6. The molecule has 0 radical (unpaired) electrons. The Balaban J connectivity index is 1.36. The van der Waals surface area contributed by atoms with E-state index in [0.717, 1.165) is 54.1 Å². The maximum Gasteiger partial charge on any atom is 0.219 e. The van der Waals surface area contributed by atoms with Gasteiger partial charge < -0.3 is 9.84 Å². The molecule has 42 heavy (non-hydrogen) atoms. The van der Waals surface area contributed by atoms with Crippen molar-refractivity contribution < 1.29 is 9.84 Å². The monoisotopic (exact) mass is 588 g/mol. The van der Waals surface area contributed by atoms with Gasteiger partial charge in [-0.25, -0.2) is 9.67 Å². The van der Waals surface area contributed by atoms with Gasteiger partial charge in [0.1, 0.15) is 5.60 Å². The first-order valence-electron chi connectivity index (χ1n) is 14.4. The van der Waals surface area contributed by atoms with Gasteiger partial charge in [-0.15, -0.1) is 5.10 Å². The van der Waals surface area contributed by atoms with Crippen LogP contribution < -0.4 is 4.74 Å². The van der Waals surface area contributed by atoms with Crippen molar-refractivity contribution in [3.05, 3.63) is 87.4 Å². The molecule has 4 aromatic heterocycles. The van der Waals surface area contributed by atoms with E-state index in [1.54, 1.807) is 25.0 Å². The molecule has 0 aromatic carbocycles. The van der Waals surface area contributed by atoms with Gasteiger partial charge in [-0.2, -0.15) is 5.10 Å². The topological polar surface area (TPSA) is 107 Å². The third-order valence-corrected chi connectivity index (χ3v) is 9.40. The van der Waals surface area contributed by atoms with Gasteiger partial charge in [0.15, 0.2) is 0 Å². The number of aliphatic hydroxyl groups is 1. The first-order valence-corrected chi connectivity index (χ1v) is 14.8. The lowest BCUT2D eigenvalue weighted by molar-refractivity contribution is 0.0181. The van der Waals surface area contributed by atoms with Crippen LogP contribution in [0.1, 0.15) is 71.2 Å². The lowest BCUT2D eigenvalue weighted by atomic mass is 9.68. The van der Waals surface area contributed by atoms with Crippen molar-refractivity contribution in [1.29, 1.82) is 0 Å². The minimum atomic E-state index is -1.46. The Kier molecular flexibility index (Phi) is 7.63. The van der Waals surface area contributed by atoms with E-state index < -0.39 is 11.5 Å². The second kappa shape index (κ2) is 11.2. The lowest BCUT2D eigenvalue weighted by Crippen LogP contribution is -2.42. The van der Waals surface area contributed by atoms with Gasteiger partial charge in [0.05, 0.1) is 35.8 Å². The standard InChI is InChI=1S/C31H37ClN8O2/c1-19-7-8-25(21(3)35-19)31(41,27-17-33-37-38(27)4)24-9-10-26-28(20(24)2)29(32)23(30(36-26)42-5)18-39-15-11-22(12-16-39)40-14-6-13-34-40/h6-10,13-14,17,20,22,24,41H,11-12,15-16,18H2,1-5H3. The van der Waals surface area contributed by atoms with Gasteiger partial charge in [0, 0.05) is 73.1 Å². The van der Waals surface area contributed by atoms with E-state index in [1.165, 1.54) is 0 Å². The number of rotatable bonds is 7. The number of fused-ring (bicyclic) bond motifs is 1. The molecular weight excluding hydrogens is 552 g/mol. The summed E-state index contributed by atoms with van der Waals surface area (Å²) < 4.78 is 9.45. The molecule has 1 fully saturated rings. The summed E-state index contributed by atoms with van der Waals surface area (Å²) in [4.78, 5) is 12.0. The number of ether oxygens (including phenoxy) is 1.